The molecule has 0 aliphatic carbocycles. The molecule has 23 heavy (non-hydrogen) atoms. The van der Waals surface area contributed by atoms with Gasteiger partial charge in [0.1, 0.15) is 0 Å². The average molecular weight is 333 g/mol. The fourth-order valence-corrected chi connectivity index (χ4v) is 3.43. The molecule has 0 radical (unpaired) electrons. The Balaban J connectivity index is 1.42. The number of carbonyl (C=O) groups is 1. The SMILES string of the molecule is O=C(Cc1ccc(Cl)cc1)N1CCC2C(C1)OCc1cnnn12. The summed E-state index contributed by atoms with van der Waals surface area (Å²) in [4.78, 5) is 14.4. The standard InChI is InChI=1S/C16H17ClN4O2/c17-12-3-1-11(2-4-12)7-16(22)20-6-5-14-15(9-20)23-10-13-8-18-19-21(13)14/h1-4,8,14-15H,5-7,9-10H2. The van der Waals surface area contributed by atoms with E-state index in [9.17, 15) is 4.79 Å². The molecule has 6 nitrogen and oxygen atoms in total. The fourth-order valence-electron chi connectivity index (χ4n) is 3.30. The van der Waals surface area contributed by atoms with E-state index in [-0.39, 0.29) is 18.1 Å². The summed E-state index contributed by atoms with van der Waals surface area (Å²) in [6.45, 7) is 1.83. The molecule has 0 saturated carbocycles. The van der Waals surface area contributed by atoms with Gasteiger partial charge < -0.3 is 9.64 Å². The lowest BCUT2D eigenvalue weighted by Gasteiger charge is -2.41. The van der Waals surface area contributed by atoms with Crippen molar-refractivity contribution < 1.29 is 9.53 Å². The van der Waals surface area contributed by atoms with Gasteiger partial charge in [-0.3, -0.25) is 4.79 Å². The molecule has 1 saturated heterocycles. The molecule has 2 unspecified atom stereocenters. The van der Waals surface area contributed by atoms with Crippen molar-refractivity contribution in [1.29, 1.82) is 0 Å². The van der Waals surface area contributed by atoms with Gasteiger partial charge in [0.2, 0.25) is 5.91 Å². The first-order valence-corrected chi connectivity index (χ1v) is 8.11. The number of rotatable bonds is 2. The fraction of sp³-hybridized carbons (Fsp3) is 0.438. The number of ether oxygens (including phenoxy) is 1. The van der Waals surface area contributed by atoms with Crippen molar-refractivity contribution in [3.05, 3.63) is 46.7 Å². The highest BCUT2D eigenvalue weighted by Gasteiger charge is 2.37. The molecule has 2 atom stereocenters. The van der Waals surface area contributed by atoms with Crippen molar-refractivity contribution in [2.45, 2.75) is 31.6 Å². The van der Waals surface area contributed by atoms with Crippen LogP contribution >= 0.6 is 11.6 Å². The van der Waals surface area contributed by atoms with E-state index in [0.29, 0.717) is 24.6 Å². The van der Waals surface area contributed by atoms with Crippen molar-refractivity contribution >= 4 is 17.5 Å². The minimum absolute atomic E-state index is 0.00730. The lowest BCUT2D eigenvalue weighted by molar-refractivity contribution is -0.138. The van der Waals surface area contributed by atoms with Crippen LogP contribution in [0.4, 0.5) is 0 Å². The first-order valence-electron chi connectivity index (χ1n) is 7.73. The highest BCUT2D eigenvalue weighted by Crippen LogP contribution is 2.30. The molecule has 2 aliphatic heterocycles. The second-order valence-corrected chi connectivity index (χ2v) is 6.45. The summed E-state index contributed by atoms with van der Waals surface area (Å²) in [5, 5.41) is 8.79. The summed E-state index contributed by atoms with van der Waals surface area (Å²) >= 11 is 5.88. The van der Waals surface area contributed by atoms with E-state index < -0.39 is 0 Å². The van der Waals surface area contributed by atoms with Gasteiger partial charge in [0.25, 0.3) is 0 Å². The van der Waals surface area contributed by atoms with Gasteiger partial charge in [0, 0.05) is 18.1 Å². The minimum atomic E-state index is -0.00730. The number of nitrogens with zero attached hydrogens (tertiary/aromatic N) is 4. The van der Waals surface area contributed by atoms with Crippen LogP contribution in [0.15, 0.2) is 30.5 Å². The summed E-state index contributed by atoms with van der Waals surface area (Å²) in [6.07, 6.45) is 2.97. The zero-order chi connectivity index (χ0) is 15.8. The van der Waals surface area contributed by atoms with Gasteiger partial charge in [-0.05, 0) is 24.1 Å². The zero-order valence-electron chi connectivity index (χ0n) is 12.6. The Morgan fingerprint density at radius 1 is 1.35 bits per heavy atom. The number of piperidine rings is 1. The van der Waals surface area contributed by atoms with E-state index >= 15 is 0 Å². The maximum atomic E-state index is 12.5. The van der Waals surface area contributed by atoms with Crippen molar-refractivity contribution in [3.8, 4) is 0 Å². The molecule has 2 aromatic rings. The summed E-state index contributed by atoms with van der Waals surface area (Å²) in [5.41, 5.74) is 1.98. The van der Waals surface area contributed by atoms with E-state index in [1.165, 1.54) is 0 Å². The summed E-state index contributed by atoms with van der Waals surface area (Å²) in [5.74, 6) is 0.124. The van der Waals surface area contributed by atoms with Crippen LogP contribution in [0.1, 0.15) is 23.7 Å². The van der Waals surface area contributed by atoms with Crippen molar-refractivity contribution in [3.63, 3.8) is 0 Å². The van der Waals surface area contributed by atoms with Crippen molar-refractivity contribution in [1.82, 2.24) is 19.9 Å². The number of amides is 1. The molecule has 120 valence electrons. The first kappa shape index (κ1) is 14.7. The predicted octanol–water partition coefficient (Wildman–Crippen LogP) is 1.85. The van der Waals surface area contributed by atoms with Gasteiger partial charge in [-0.2, -0.15) is 0 Å². The van der Waals surface area contributed by atoms with Gasteiger partial charge >= 0.3 is 0 Å². The molecule has 0 bridgehead atoms. The Labute approximate surface area is 139 Å². The number of hydrogen-bond donors (Lipinski definition) is 0. The molecular formula is C16H17ClN4O2. The van der Waals surface area contributed by atoms with Crippen LogP contribution in [0.5, 0.6) is 0 Å². The third-order valence-electron chi connectivity index (χ3n) is 4.55. The molecule has 1 aromatic heterocycles. The molecule has 0 N–H and O–H groups in total. The molecule has 3 heterocycles. The third-order valence-corrected chi connectivity index (χ3v) is 4.81. The van der Waals surface area contributed by atoms with E-state index in [2.05, 4.69) is 10.3 Å². The molecule has 4 rings (SSSR count). The molecule has 1 aromatic carbocycles. The molecule has 1 fully saturated rings. The van der Waals surface area contributed by atoms with Gasteiger partial charge in [-0.15, -0.1) is 5.10 Å². The number of fused-ring (bicyclic) bond motifs is 3. The molecule has 7 heteroatoms. The lowest BCUT2D eigenvalue weighted by Crippen LogP contribution is -2.50. The van der Waals surface area contributed by atoms with Crippen LogP contribution in [-0.2, 0) is 22.6 Å². The normalized spacial score (nSPS) is 23.3. The van der Waals surface area contributed by atoms with Crippen LogP contribution < -0.4 is 0 Å². The number of aromatic nitrogens is 3. The smallest absolute Gasteiger partial charge is 0.227 e. The second kappa shape index (κ2) is 5.94. The zero-order valence-corrected chi connectivity index (χ0v) is 13.3. The Hall–Kier alpha value is -1.92. The first-order chi connectivity index (χ1) is 11.2. The number of hydrogen-bond acceptors (Lipinski definition) is 4. The molecular weight excluding hydrogens is 316 g/mol. The van der Waals surface area contributed by atoms with Crippen LogP contribution in [-0.4, -0.2) is 45.0 Å². The predicted molar refractivity (Wildman–Crippen MR) is 84.0 cm³/mol. The highest BCUT2D eigenvalue weighted by molar-refractivity contribution is 6.30. The Bertz CT molecular complexity index is 715. The monoisotopic (exact) mass is 332 g/mol. The van der Waals surface area contributed by atoms with Crippen LogP contribution in [0, 0.1) is 0 Å². The quantitative estimate of drug-likeness (QED) is 0.842. The Morgan fingerprint density at radius 2 is 2.17 bits per heavy atom. The number of benzene rings is 1. The van der Waals surface area contributed by atoms with Gasteiger partial charge in [-0.25, -0.2) is 4.68 Å². The van der Waals surface area contributed by atoms with E-state index in [1.54, 1.807) is 6.20 Å². The van der Waals surface area contributed by atoms with Gasteiger partial charge in [-0.1, -0.05) is 28.9 Å². The summed E-state index contributed by atoms with van der Waals surface area (Å²) in [7, 11) is 0. The molecule has 1 amide bonds. The summed E-state index contributed by atoms with van der Waals surface area (Å²) < 4.78 is 7.85. The van der Waals surface area contributed by atoms with E-state index in [4.69, 9.17) is 16.3 Å². The van der Waals surface area contributed by atoms with Crippen molar-refractivity contribution in [2.75, 3.05) is 13.1 Å². The van der Waals surface area contributed by atoms with E-state index in [1.807, 2.05) is 33.8 Å². The minimum Gasteiger partial charge on any atom is -0.368 e. The summed E-state index contributed by atoms with van der Waals surface area (Å²) in [6, 6.07) is 7.60. The van der Waals surface area contributed by atoms with Crippen LogP contribution in [0.25, 0.3) is 0 Å². The Kier molecular flexibility index (Phi) is 3.79. The topological polar surface area (TPSA) is 60.3 Å². The largest absolute Gasteiger partial charge is 0.368 e. The van der Waals surface area contributed by atoms with Gasteiger partial charge in [0.15, 0.2) is 0 Å². The maximum absolute atomic E-state index is 12.5. The van der Waals surface area contributed by atoms with Crippen molar-refractivity contribution in [2.24, 2.45) is 0 Å². The number of halogens is 1. The average Bonchev–Trinajstić information content (AvgIpc) is 3.05. The van der Waals surface area contributed by atoms with E-state index in [0.717, 1.165) is 24.2 Å². The van der Waals surface area contributed by atoms with Crippen LogP contribution in [0.2, 0.25) is 5.02 Å². The van der Waals surface area contributed by atoms with Crippen LogP contribution in [0.3, 0.4) is 0 Å². The molecule has 2 aliphatic rings. The second-order valence-electron chi connectivity index (χ2n) is 6.02. The van der Waals surface area contributed by atoms with Gasteiger partial charge in [0.05, 0.1) is 37.1 Å². The maximum Gasteiger partial charge on any atom is 0.227 e. The lowest BCUT2D eigenvalue weighted by atomic mass is 9.99. The number of carbonyl (C=O) groups excluding carboxylic acids is 1. The highest BCUT2D eigenvalue weighted by atomic mass is 35.5. The molecule has 0 spiro atoms. The Morgan fingerprint density at radius 3 is 3.00 bits per heavy atom. The third kappa shape index (κ3) is 2.84. The number of likely N-dealkylation sites (tertiary alicyclic amines) is 1.